The molecule has 0 saturated carbocycles. The number of benzene rings is 1. The fourth-order valence-corrected chi connectivity index (χ4v) is 2.25. The highest BCUT2D eigenvalue weighted by molar-refractivity contribution is 7.89. The fourth-order valence-electron chi connectivity index (χ4n) is 1.56. The summed E-state index contributed by atoms with van der Waals surface area (Å²) in [6.45, 7) is 1.66. The molecule has 102 valence electrons. The molecule has 18 heavy (non-hydrogen) atoms. The average molecular weight is 272 g/mol. The Bertz CT molecular complexity index is 500. The highest BCUT2D eigenvalue weighted by Gasteiger charge is 2.14. The predicted octanol–water partition coefficient (Wildman–Crippen LogP) is 0.280. The molecule has 7 heteroatoms. The Hall–Kier alpha value is -1.31. The van der Waals surface area contributed by atoms with Gasteiger partial charge < -0.3 is 16.0 Å². The van der Waals surface area contributed by atoms with Crippen LogP contribution in [0.4, 0.5) is 11.4 Å². The third kappa shape index (κ3) is 4.17. The molecule has 0 aliphatic heterocycles. The molecule has 1 aromatic rings. The van der Waals surface area contributed by atoms with E-state index in [1.807, 2.05) is 14.1 Å². The molecule has 0 bridgehead atoms. The summed E-state index contributed by atoms with van der Waals surface area (Å²) in [5.41, 5.74) is 6.55. The molecule has 1 rings (SSSR count). The zero-order valence-corrected chi connectivity index (χ0v) is 11.5. The number of anilines is 2. The van der Waals surface area contributed by atoms with Gasteiger partial charge in [0.05, 0.1) is 11.4 Å². The molecule has 6 nitrogen and oxygen atoms in total. The Balaban J connectivity index is 2.73. The van der Waals surface area contributed by atoms with Gasteiger partial charge in [-0.1, -0.05) is 6.07 Å². The van der Waals surface area contributed by atoms with Gasteiger partial charge in [0.1, 0.15) is 4.90 Å². The maximum Gasteiger partial charge on any atom is 0.240 e. The lowest BCUT2D eigenvalue weighted by Gasteiger charge is -2.13. The molecule has 0 aliphatic carbocycles. The van der Waals surface area contributed by atoms with Crippen LogP contribution in [0.5, 0.6) is 0 Å². The lowest BCUT2D eigenvalue weighted by Crippen LogP contribution is -2.18. The number of primary sulfonamides is 1. The van der Waals surface area contributed by atoms with E-state index in [-0.39, 0.29) is 10.6 Å². The third-order valence-corrected chi connectivity index (χ3v) is 3.44. The first kappa shape index (κ1) is 14.7. The second-order valence-corrected chi connectivity index (χ2v) is 5.88. The number of sulfonamides is 1. The van der Waals surface area contributed by atoms with Crippen molar-refractivity contribution in [2.45, 2.75) is 11.3 Å². The number of hydrogen-bond acceptors (Lipinski definition) is 5. The van der Waals surface area contributed by atoms with Crippen molar-refractivity contribution in [2.24, 2.45) is 5.14 Å². The van der Waals surface area contributed by atoms with Gasteiger partial charge in [-0.2, -0.15) is 0 Å². The van der Waals surface area contributed by atoms with Crippen molar-refractivity contribution >= 4 is 21.4 Å². The SMILES string of the molecule is CN(C)CCCNc1cccc(S(N)(=O)=O)c1N. The van der Waals surface area contributed by atoms with E-state index >= 15 is 0 Å². The van der Waals surface area contributed by atoms with Gasteiger partial charge in [0, 0.05) is 6.54 Å². The number of rotatable bonds is 6. The summed E-state index contributed by atoms with van der Waals surface area (Å²) in [5.74, 6) is 0. The molecule has 0 saturated heterocycles. The van der Waals surface area contributed by atoms with Crippen molar-refractivity contribution in [1.29, 1.82) is 0 Å². The number of nitrogens with two attached hydrogens (primary N) is 2. The van der Waals surface area contributed by atoms with Crippen LogP contribution in [0.3, 0.4) is 0 Å². The Morgan fingerprint density at radius 2 is 2.00 bits per heavy atom. The molecule has 0 unspecified atom stereocenters. The second kappa shape index (κ2) is 6.03. The summed E-state index contributed by atoms with van der Waals surface area (Å²) >= 11 is 0. The molecule has 1 aromatic carbocycles. The van der Waals surface area contributed by atoms with Gasteiger partial charge in [0.25, 0.3) is 0 Å². The number of nitrogens with one attached hydrogen (secondary N) is 1. The highest BCUT2D eigenvalue weighted by Crippen LogP contribution is 2.25. The van der Waals surface area contributed by atoms with Crippen LogP contribution >= 0.6 is 0 Å². The largest absolute Gasteiger partial charge is 0.396 e. The normalized spacial score (nSPS) is 11.8. The van der Waals surface area contributed by atoms with Gasteiger partial charge in [-0.25, -0.2) is 13.6 Å². The number of nitrogen functional groups attached to an aromatic ring is 1. The van der Waals surface area contributed by atoms with Gasteiger partial charge >= 0.3 is 0 Å². The maximum absolute atomic E-state index is 11.3. The molecule has 5 N–H and O–H groups in total. The summed E-state index contributed by atoms with van der Waals surface area (Å²) in [4.78, 5) is 2.03. The average Bonchev–Trinajstić information content (AvgIpc) is 2.24. The number of hydrogen-bond donors (Lipinski definition) is 3. The molecule has 0 heterocycles. The predicted molar refractivity (Wildman–Crippen MR) is 73.9 cm³/mol. The summed E-state index contributed by atoms with van der Waals surface area (Å²) in [7, 11) is 0.219. The van der Waals surface area contributed by atoms with E-state index in [1.54, 1.807) is 12.1 Å². The van der Waals surface area contributed by atoms with Gasteiger partial charge in [-0.05, 0) is 39.2 Å². The Morgan fingerprint density at radius 1 is 1.33 bits per heavy atom. The molecule has 0 spiro atoms. The minimum absolute atomic E-state index is 0.0416. The quantitative estimate of drug-likeness (QED) is 0.510. The molecule has 0 aromatic heterocycles. The molecular formula is C11H20N4O2S. The molecule has 0 fully saturated rings. The number of para-hydroxylation sites is 1. The smallest absolute Gasteiger partial charge is 0.240 e. The van der Waals surface area contributed by atoms with E-state index in [0.717, 1.165) is 19.5 Å². The minimum Gasteiger partial charge on any atom is -0.396 e. The van der Waals surface area contributed by atoms with E-state index in [9.17, 15) is 8.42 Å². The molecule has 0 atom stereocenters. The highest BCUT2D eigenvalue weighted by atomic mass is 32.2. The minimum atomic E-state index is -3.77. The van der Waals surface area contributed by atoms with Crippen molar-refractivity contribution in [2.75, 3.05) is 38.2 Å². The van der Waals surface area contributed by atoms with Crippen molar-refractivity contribution in [3.63, 3.8) is 0 Å². The first-order chi connectivity index (χ1) is 8.32. The second-order valence-electron chi connectivity index (χ2n) is 4.35. The van der Waals surface area contributed by atoms with Crippen LogP contribution in [-0.2, 0) is 10.0 Å². The van der Waals surface area contributed by atoms with Crippen LogP contribution < -0.4 is 16.2 Å². The molecular weight excluding hydrogens is 252 g/mol. The van der Waals surface area contributed by atoms with E-state index in [4.69, 9.17) is 10.9 Å². The van der Waals surface area contributed by atoms with Crippen LogP contribution in [0.25, 0.3) is 0 Å². The Morgan fingerprint density at radius 3 is 2.56 bits per heavy atom. The molecule has 0 radical (unpaired) electrons. The Kier molecular flexibility index (Phi) is 4.94. The maximum atomic E-state index is 11.3. The van der Waals surface area contributed by atoms with Gasteiger partial charge in [-0.15, -0.1) is 0 Å². The number of nitrogens with zero attached hydrogens (tertiary/aromatic N) is 1. The van der Waals surface area contributed by atoms with Crippen LogP contribution in [-0.4, -0.2) is 40.5 Å². The van der Waals surface area contributed by atoms with Crippen LogP contribution in [0.1, 0.15) is 6.42 Å². The first-order valence-electron chi connectivity index (χ1n) is 5.62. The van der Waals surface area contributed by atoms with Gasteiger partial charge in [0.2, 0.25) is 10.0 Å². The third-order valence-electron chi connectivity index (χ3n) is 2.47. The van der Waals surface area contributed by atoms with Crippen molar-refractivity contribution < 1.29 is 8.42 Å². The first-order valence-corrected chi connectivity index (χ1v) is 7.17. The van der Waals surface area contributed by atoms with Crippen molar-refractivity contribution in [3.8, 4) is 0 Å². The molecule has 0 amide bonds. The van der Waals surface area contributed by atoms with E-state index in [2.05, 4.69) is 10.2 Å². The molecule has 0 aliphatic rings. The topological polar surface area (TPSA) is 101 Å². The van der Waals surface area contributed by atoms with Gasteiger partial charge in [0.15, 0.2) is 0 Å². The van der Waals surface area contributed by atoms with E-state index in [0.29, 0.717) is 5.69 Å². The summed E-state index contributed by atoms with van der Waals surface area (Å²) in [6, 6.07) is 4.75. The zero-order chi connectivity index (χ0) is 13.8. The lowest BCUT2D eigenvalue weighted by atomic mass is 10.2. The summed E-state index contributed by atoms with van der Waals surface area (Å²) in [6.07, 6.45) is 0.937. The fraction of sp³-hybridized carbons (Fsp3) is 0.455. The monoisotopic (exact) mass is 272 g/mol. The van der Waals surface area contributed by atoms with Crippen LogP contribution in [0.15, 0.2) is 23.1 Å². The van der Waals surface area contributed by atoms with Crippen molar-refractivity contribution in [3.05, 3.63) is 18.2 Å². The van der Waals surface area contributed by atoms with Crippen molar-refractivity contribution in [1.82, 2.24) is 4.90 Å². The van der Waals surface area contributed by atoms with Crippen LogP contribution in [0, 0.1) is 0 Å². The van der Waals surface area contributed by atoms with E-state index < -0.39 is 10.0 Å². The summed E-state index contributed by atoms with van der Waals surface area (Å²) < 4.78 is 22.6. The van der Waals surface area contributed by atoms with Crippen LogP contribution in [0.2, 0.25) is 0 Å². The summed E-state index contributed by atoms with van der Waals surface area (Å²) in [5, 5.41) is 8.19. The lowest BCUT2D eigenvalue weighted by molar-refractivity contribution is 0.405. The standard InChI is InChI=1S/C11H20N4O2S/c1-15(2)8-4-7-14-9-5-3-6-10(11(9)12)18(13,16)17/h3,5-6,14H,4,7-8,12H2,1-2H3,(H2,13,16,17). The zero-order valence-electron chi connectivity index (χ0n) is 10.7. The van der Waals surface area contributed by atoms with E-state index in [1.165, 1.54) is 6.07 Å². The van der Waals surface area contributed by atoms with Gasteiger partial charge in [-0.3, -0.25) is 0 Å². The Labute approximate surface area is 108 Å².